The molecule has 0 bridgehead atoms. The van der Waals surface area contributed by atoms with E-state index in [9.17, 15) is 0 Å². The van der Waals surface area contributed by atoms with Gasteiger partial charge in [-0.3, -0.25) is 4.84 Å². The second-order valence-electron chi connectivity index (χ2n) is 5.30. The van der Waals surface area contributed by atoms with Crippen molar-refractivity contribution in [2.24, 2.45) is 5.92 Å². The maximum absolute atomic E-state index is 5.57. The van der Waals surface area contributed by atoms with Gasteiger partial charge in [-0.05, 0) is 39.5 Å². The number of hydrogen-bond donors (Lipinski definition) is 1. The Labute approximate surface area is 82.0 Å². The molecule has 0 spiro atoms. The van der Waals surface area contributed by atoms with E-state index >= 15 is 0 Å². The van der Waals surface area contributed by atoms with E-state index in [2.05, 4.69) is 33.2 Å². The van der Waals surface area contributed by atoms with E-state index in [-0.39, 0.29) is 5.60 Å². The molecule has 2 heteroatoms. The van der Waals surface area contributed by atoms with Gasteiger partial charge in [0, 0.05) is 6.04 Å². The molecular formula is C11H23NO. The smallest absolute Gasteiger partial charge is 0.0813 e. The molecule has 1 saturated carbocycles. The van der Waals surface area contributed by atoms with Crippen molar-refractivity contribution in [2.45, 2.75) is 65.0 Å². The molecule has 0 saturated heterocycles. The van der Waals surface area contributed by atoms with Gasteiger partial charge >= 0.3 is 0 Å². The second-order valence-corrected chi connectivity index (χ2v) is 5.30. The monoisotopic (exact) mass is 185 g/mol. The predicted octanol–water partition coefficient (Wildman–Crippen LogP) is 2.88. The molecule has 0 radical (unpaired) electrons. The number of hydrogen-bond acceptors (Lipinski definition) is 2. The molecule has 1 aliphatic rings. The summed E-state index contributed by atoms with van der Waals surface area (Å²) in [5.41, 5.74) is 3.12. The van der Waals surface area contributed by atoms with E-state index < -0.39 is 0 Å². The van der Waals surface area contributed by atoms with Crippen molar-refractivity contribution in [1.82, 2.24) is 5.48 Å². The SMILES string of the molecule is CC1CCCC(NOC(C)(C)C)C1. The summed E-state index contributed by atoms with van der Waals surface area (Å²) in [6.45, 7) is 8.55. The summed E-state index contributed by atoms with van der Waals surface area (Å²) in [6, 6.07) is 0.572. The van der Waals surface area contributed by atoms with Crippen LogP contribution in [0.5, 0.6) is 0 Å². The largest absolute Gasteiger partial charge is 0.296 e. The fraction of sp³-hybridized carbons (Fsp3) is 1.00. The van der Waals surface area contributed by atoms with Gasteiger partial charge in [-0.25, -0.2) is 0 Å². The molecule has 78 valence electrons. The van der Waals surface area contributed by atoms with Crippen LogP contribution in [0.2, 0.25) is 0 Å². The standard InChI is InChI=1S/C11H23NO/c1-9-6-5-7-10(8-9)12-13-11(2,3)4/h9-10,12H,5-8H2,1-4H3. The van der Waals surface area contributed by atoms with Crippen LogP contribution in [-0.4, -0.2) is 11.6 Å². The van der Waals surface area contributed by atoms with Crippen molar-refractivity contribution in [1.29, 1.82) is 0 Å². The maximum atomic E-state index is 5.57. The summed E-state index contributed by atoms with van der Waals surface area (Å²) in [5, 5.41) is 0. The van der Waals surface area contributed by atoms with Gasteiger partial charge < -0.3 is 0 Å². The first-order valence-corrected chi connectivity index (χ1v) is 5.41. The van der Waals surface area contributed by atoms with Crippen LogP contribution in [-0.2, 0) is 4.84 Å². The maximum Gasteiger partial charge on any atom is 0.0813 e. The van der Waals surface area contributed by atoms with Gasteiger partial charge in [0.05, 0.1) is 5.60 Å². The zero-order chi connectivity index (χ0) is 9.90. The summed E-state index contributed by atoms with van der Waals surface area (Å²) in [7, 11) is 0. The molecule has 1 aliphatic carbocycles. The number of hydroxylamine groups is 1. The highest BCUT2D eigenvalue weighted by atomic mass is 16.7. The van der Waals surface area contributed by atoms with Crippen molar-refractivity contribution in [3.8, 4) is 0 Å². The summed E-state index contributed by atoms with van der Waals surface area (Å²) in [4.78, 5) is 5.57. The third kappa shape index (κ3) is 4.63. The van der Waals surface area contributed by atoms with Crippen LogP contribution in [0.4, 0.5) is 0 Å². The molecule has 2 nitrogen and oxygen atoms in total. The molecule has 0 aliphatic heterocycles. The van der Waals surface area contributed by atoms with Crippen molar-refractivity contribution >= 4 is 0 Å². The molecule has 0 aromatic carbocycles. The third-order valence-electron chi connectivity index (χ3n) is 2.47. The highest BCUT2D eigenvalue weighted by molar-refractivity contribution is 4.73. The highest BCUT2D eigenvalue weighted by Gasteiger charge is 2.20. The van der Waals surface area contributed by atoms with E-state index in [0.29, 0.717) is 6.04 Å². The average Bonchev–Trinajstić information content (AvgIpc) is 2.00. The fourth-order valence-corrected chi connectivity index (χ4v) is 1.80. The van der Waals surface area contributed by atoms with E-state index in [0.717, 1.165) is 5.92 Å². The van der Waals surface area contributed by atoms with E-state index in [1.54, 1.807) is 0 Å². The van der Waals surface area contributed by atoms with Crippen molar-refractivity contribution in [3.63, 3.8) is 0 Å². The van der Waals surface area contributed by atoms with Crippen molar-refractivity contribution in [3.05, 3.63) is 0 Å². The van der Waals surface area contributed by atoms with Crippen LogP contribution in [0.15, 0.2) is 0 Å². The first-order chi connectivity index (χ1) is 5.97. The van der Waals surface area contributed by atoms with Crippen LogP contribution in [0.25, 0.3) is 0 Å². The Morgan fingerprint density at radius 3 is 2.46 bits per heavy atom. The van der Waals surface area contributed by atoms with Crippen LogP contribution >= 0.6 is 0 Å². The molecular weight excluding hydrogens is 162 g/mol. The minimum Gasteiger partial charge on any atom is -0.296 e. The lowest BCUT2D eigenvalue weighted by molar-refractivity contribution is -0.0947. The number of rotatable bonds is 2. The van der Waals surface area contributed by atoms with Gasteiger partial charge in [0.2, 0.25) is 0 Å². The summed E-state index contributed by atoms with van der Waals surface area (Å²) in [5.74, 6) is 0.856. The van der Waals surface area contributed by atoms with Gasteiger partial charge in [0.25, 0.3) is 0 Å². The topological polar surface area (TPSA) is 21.3 Å². The molecule has 1 N–H and O–H groups in total. The zero-order valence-corrected chi connectivity index (χ0v) is 9.39. The predicted molar refractivity (Wildman–Crippen MR) is 55.4 cm³/mol. The third-order valence-corrected chi connectivity index (χ3v) is 2.47. The molecule has 2 unspecified atom stereocenters. The summed E-state index contributed by atoms with van der Waals surface area (Å²) >= 11 is 0. The van der Waals surface area contributed by atoms with Crippen LogP contribution in [0.1, 0.15) is 53.4 Å². The first kappa shape index (κ1) is 11.0. The Morgan fingerprint density at radius 2 is 1.92 bits per heavy atom. The minimum absolute atomic E-state index is 0.0688. The summed E-state index contributed by atoms with van der Waals surface area (Å²) in [6.07, 6.45) is 5.25. The Bertz CT molecular complexity index is 151. The van der Waals surface area contributed by atoms with E-state index in [1.807, 2.05) is 0 Å². The molecule has 0 aromatic rings. The average molecular weight is 185 g/mol. The molecule has 13 heavy (non-hydrogen) atoms. The minimum atomic E-state index is -0.0688. The highest BCUT2D eigenvalue weighted by Crippen LogP contribution is 2.23. The first-order valence-electron chi connectivity index (χ1n) is 5.41. The summed E-state index contributed by atoms with van der Waals surface area (Å²) < 4.78 is 0. The van der Waals surface area contributed by atoms with Crippen LogP contribution < -0.4 is 5.48 Å². The molecule has 0 amide bonds. The lowest BCUT2D eigenvalue weighted by Crippen LogP contribution is -2.39. The van der Waals surface area contributed by atoms with Gasteiger partial charge in [-0.2, -0.15) is 5.48 Å². The fourth-order valence-electron chi connectivity index (χ4n) is 1.80. The van der Waals surface area contributed by atoms with Crippen molar-refractivity contribution in [2.75, 3.05) is 0 Å². The number of nitrogens with one attached hydrogen (secondary N) is 1. The second kappa shape index (κ2) is 4.43. The van der Waals surface area contributed by atoms with E-state index in [4.69, 9.17) is 4.84 Å². The Hall–Kier alpha value is -0.0800. The van der Waals surface area contributed by atoms with E-state index in [1.165, 1.54) is 25.7 Å². The Kier molecular flexibility index (Phi) is 3.74. The normalized spacial score (nSPS) is 30.5. The van der Waals surface area contributed by atoms with Crippen molar-refractivity contribution < 1.29 is 4.84 Å². The molecule has 1 fully saturated rings. The Morgan fingerprint density at radius 1 is 1.23 bits per heavy atom. The van der Waals surface area contributed by atoms with Crippen LogP contribution in [0, 0.1) is 5.92 Å². The molecule has 0 aromatic heterocycles. The quantitative estimate of drug-likeness (QED) is 0.668. The van der Waals surface area contributed by atoms with Gasteiger partial charge in [0.15, 0.2) is 0 Å². The molecule has 2 atom stereocenters. The van der Waals surface area contributed by atoms with Gasteiger partial charge in [-0.1, -0.05) is 19.8 Å². The Balaban J connectivity index is 2.21. The lowest BCUT2D eigenvalue weighted by atomic mass is 9.87. The molecule has 1 rings (SSSR count). The zero-order valence-electron chi connectivity index (χ0n) is 9.39. The molecule has 0 heterocycles. The van der Waals surface area contributed by atoms with Gasteiger partial charge in [0.1, 0.15) is 0 Å². The van der Waals surface area contributed by atoms with Gasteiger partial charge in [-0.15, -0.1) is 0 Å². The lowest BCUT2D eigenvalue weighted by Gasteiger charge is -2.30. The van der Waals surface area contributed by atoms with Crippen LogP contribution in [0.3, 0.4) is 0 Å².